The summed E-state index contributed by atoms with van der Waals surface area (Å²) in [5, 5.41) is 0. The fourth-order valence-electron chi connectivity index (χ4n) is 2.47. The summed E-state index contributed by atoms with van der Waals surface area (Å²) in [6.45, 7) is 8.95. The van der Waals surface area contributed by atoms with Crippen LogP contribution in [-0.2, 0) is 5.75 Å². The molecule has 0 amide bonds. The van der Waals surface area contributed by atoms with E-state index in [0.717, 1.165) is 23.0 Å². The van der Waals surface area contributed by atoms with Crippen molar-refractivity contribution in [3.8, 4) is 0 Å². The van der Waals surface area contributed by atoms with Gasteiger partial charge in [0.25, 0.3) is 0 Å². The maximum absolute atomic E-state index is 5.77. The number of rotatable bonds is 5. The summed E-state index contributed by atoms with van der Waals surface area (Å²) in [6, 6.07) is 8.55. The van der Waals surface area contributed by atoms with E-state index in [1.165, 1.54) is 16.0 Å². The number of hydrogen-bond donors (Lipinski definition) is 1. The monoisotopic (exact) mass is 301 g/mol. The molecule has 0 saturated carbocycles. The maximum atomic E-state index is 5.77. The number of benzene rings is 1. The Hall–Kier alpha value is -1.39. The van der Waals surface area contributed by atoms with Crippen LogP contribution in [0.2, 0.25) is 0 Å². The van der Waals surface area contributed by atoms with Crippen LogP contribution in [0.4, 0.5) is 0 Å². The van der Waals surface area contributed by atoms with Crippen LogP contribution in [0, 0.1) is 20.8 Å². The van der Waals surface area contributed by atoms with Crippen molar-refractivity contribution in [2.45, 2.75) is 44.3 Å². The summed E-state index contributed by atoms with van der Waals surface area (Å²) in [5.41, 5.74) is 10.4. The Kier molecular flexibility index (Phi) is 5.37. The standard InChI is InChI=1S/C17H23N3S/c1-11-5-7-15(8-6-11)21-10-16-19-13(3)17(12(2)9-18)14(4)20-16/h5-8,12H,9-10,18H2,1-4H3. The van der Waals surface area contributed by atoms with Crippen LogP contribution < -0.4 is 5.73 Å². The van der Waals surface area contributed by atoms with Gasteiger partial charge in [0.05, 0.1) is 5.75 Å². The number of nitrogens with zero attached hydrogens (tertiary/aromatic N) is 2. The number of nitrogens with two attached hydrogens (primary N) is 1. The molecule has 0 saturated heterocycles. The van der Waals surface area contributed by atoms with Gasteiger partial charge in [0.15, 0.2) is 0 Å². The van der Waals surface area contributed by atoms with E-state index in [9.17, 15) is 0 Å². The molecule has 2 N–H and O–H groups in total. The Morgan fingerprint density at radius 3 is 2.14 bits per heavy atom. The van der Waals surface area contributed by atoms with Crippen molar-refractivity contribution in [3.63, 3.8) is 0 Å². The van der Waals surface area contributed by atoms with Crippen LogP contribution >= 0.6 is 11.8 Å². The second-order valence-electron chi connectivity index (χ2n) is 5.46. The van der Waals surface area contributed by atoms with Crippen molar-refractivity contribution in [2.24, 2.45) is 5.73 Å². The third-order valence-electron chi connectivity index (χ3n) is 3.61. The molecule has 1 unspecified atom stereocenters. The van der Waals surface area contributed by atoms with E-state index in [0.29, 0.717) is 12.5 Å². The van der Waals surface area contributed by atoms with Gasteiger partial charge >= 0.3 is 0 Å². The maximum Gasteiger partial charge on any atom is 0.139 e. The minimum absolute atomic E-state index is 0.309. The van der Waals surface area contributed by atoms with E-state index < -0.39 is 0 Å². The number of thioether (sulfide) groups is 1. The molecule has 112 valence electrons. The summed E-state index contributed by atoms with van der Waals surface area (Å²) in [7, 11) is 0. The highest BCUT2D eigenvalue weighted by Gasteiger charge is 2.14. The van der Waals surface area contributed by atoms with Crippen molar-refractivity contribution in [3.05, 3.63) is 52.6 Å². The van der Waals surface area contributed by atoms with E-state index in [4.69, 9.17) is 5.73 Å². The molecule has 3 nitrogen and oxygen atoms in total. The van der Waals surface area contributed by atoms with Gasteiger partial charge in [0.1, 0.15) is 5.82 Å². The summed E-state index contributed by atoms with van der Waals surface area (Å²) in [5.74, 6) is 1.99. The average molecular weight is 301 g/mol. The first-order valence-corrected chi connectivity index (χ1v) is 8.23. The molecule has 0 bridgehead atoms. The second kappa shape index (κ2) is 7.05. The topological polar surface area (TPSA) is 51.8 Å². The predicted molar refractivity (Wildman–Crippen MR) is 89.7 cm³/mol. The zero-order valence-electron chi connectivity index (χ0n) is 13.2. The van der Waals surface area contributed by atoms with Gasteiger partial charge in [-0.1, -0.05) is 24.6 Å². The molecule has 1 aromatic heterocycles. The average Bonchev–Trinajstić information content (AvgIpc) is 2.45. The smallest absolute Gasteiger partial charge is 0.139 e. The molecule has 0 aliphatic rings. The fraction of sp³-hybridized carbons (Fsp3) is 0.412. The van der Waals surface area contributed by atoms with Gasteiger partial charge in [0.2, 0.25) is 0 Å². The van der Waals surface area contributed by atoms with Crippen LogP contribution in [0.25, 0.3) is 0 Å². The zero-order chi connectivity index (χ0) is 15.4. The molecule has 1 heterocycles. The molecule has 0 spiro atoms. The molecule has 2 aromatic rings. The molecule has 4 heteroatoms. The summed E-state index contributed by atoms with van der Waals surface area (Å²) in [6.07, 6.45) is 0. The number of aromatic nitrogens is 2. The molecule has 0 fully saturated rings. The molecule has 0 radical (unpaired) electrons. The van der Waals surface area contributed by atoms with Crippen molar-refractivity contribution >= 4 is 11.8 Å². The lowest BCUT2D eigenvalue weighted by atomic mass is 9.98. The van der Waals surface area contributed by atoms with Crippen molar-refractivity contribution in [1.82, 2.24) is 9.97 Å². The van der Waals surface area contributed by atoms with Crippen LogP contribution in [0.15, 0.2) is 29.2 Å². The highest BCUT2D eigenvalue weighted by Crippen LogP contribution is 2.24. The SMILES string of the molecule is Cc1ccc(SCc2nc(C)c(C(C)CN)c(C)n2)cc1. The van der Waals surface area contributed by atoms with Crippen LogP contribution in [0.5, 0.6) is 0 Å². The Balaban J connectivity index is 2.13. The molecule has 21 heavy (non-hydrogen) atoms. The first-order valence-electron chi connectivity index (χ1n) is 7.24. The predicted octanol–water partition coefficient (Wildman–Crippen LogP) is 3.76. The van der Waals surface area contributed by atoms with Gasteiger partial charge in [0, 0.05) is 16.3 Å². The Morgan fingerprint density at radius 1 is 1.05 bits per heavy atom. The molecule has 0 aliphatic heterocycles. The van der Waals surface area contributed by atoms with Gasteiger partial charge in [-0.25, -0.2) is 9.97 Å². The third kappa shape index (κ3) is 4.05. The molecule has 1 aromatic carbocycles. The molecular formula is C17H23N3S. The first-order chi connectivity index (χ1) is 10.0. The summed E-state index contributed by atoms with van der Waals surface area (Å²) < 4.78 is 0. The number of aryl methyl sites for hydroxylation is 3. The normalized spacial score (nSPS) is 12.4. The Bertz CT molecular complexity index is 585. The van der Waals surface area contributed by atoms with E-state index in [-0.39, 0.29) is 0 Å². The molecule has 0 aliphatic carbocycles. The van der Waals surface area contributed by atoms with Gasteiger partial charge in [-0.05, 0) is 50.9 Å². The second-order valence-corrected chi connectivity index (χ2v) is 6.51. The quantitative estimate of drug-likeness (QED) is 0.854. The third-order valence-corrected chi connectivity index (χ3v) is 4.62. The number of hydrogen-bond acceptors (Lipinski definition) is 4. The lowest BCUT2D eigenvalue weighted by Crippen LogP contribution is -2.14. The van der Waals surface area contributed by atoms with Crippen molar-refractivity contribution in [1.29, 1.82) is 0 Å². The minimum atomic E-state index is 0.309. The van der Waals surface area contributed by atoms with E-state index >= 15 is 0 Å². The van der Waals surface area contributed by atoms with E-state index in [2.05, 4.69) is 61.9 Å². The van der Waals surface area contributed by atoms with E-state index in [1.807, 2.05) is 0 Å². The zero-order valence-corrected chi connectivity index (χ0v) is 14.0. The Morgan fingerprint density at radius 2 is 1.62 bits per heavy atom. The van der Waals surface area contributed by atoms with Crippen LogP contribution in [0.1, 0.15) is 41.2 Å². The molecular weight excluding hydrogens is 278 g/mol. The van der Waals surface area contributed by atoms with Gasteiger partial charge < -0.3 is 5.73 Å². The van der Waals surface area contributed by atoms with Crippen LogP contribution in [-0.4, -0.2) is 16.5 Å². The lowest BCUT2D eigenvalue weighted by Gasteiger charge is -2.15. The first kappa shape index (κ1) is 16.0. The van der Waals surface area contributed by atoms with Gasteiger partial charge in [-0.2, -0.15) is 0 Å². The highest BCUT2D eigenvalue weighted by atomic mass is 32.2. The van der Waals surface area contributed by atoms with Gasteiger partial charge in [-0.3, -0.25) is 0 Å². The van der Waals surface area contributed by atoms with Crippen LogP contribution in [0.3, 0.4) is 0 Å². The van der Waals surface area contributed by atoms with Crippen molar-refractivity contribution < 1.29 is 0 Å². The summed E-state index contributed by atoms with van der Waals surface area (Å²) in [4.78, 5) is 10.5. The van der Waals surface area contributed by atoms with Gasteiger partial charge in [-0.15, -0.1) is 11.8 Å². The lowest BCUT2D eigenvalue weighted by molar-refractivity contribution is 0.736. The fourth-order valence-corrected chi connectivity index (χ4v) is 3.23. The Labute approximate surface area is 131 Å². The largest absolute Gasteiger partial charge is 0.330 e. The minimum Gasteiger partial charge on any atom is -0.330 e. The highest BCUT2D eigenvalue weighted by molar-refractivity contribution is 7.98. The van der Waals surface area contributed by atoms with Crippen molar-refractivity contribution in [2.75, 3.05) is 6.54 Å². The molecule has 2 rings (SSSR count). The molecule has 1 atom stereocenters. The summed E-state index contributed by atoms with van der Waals surface area (Å²) >= 11 is 1.77. The van der Waals surface area contributed by atoms with E-state index in [1.54, 1.807) is 11.8 Å².